The topological polar surface area (TPSA) is 53.9 Å². The van der Waals surface area contributed by atoms with Crippen LogP contribution in [0.3, 0.4) is 0 Å². The summed E-state index contributed by atoms with van der Waals surface area (Å²) in [6.45, 7) is 1.61. The van der Waals surface area contributed by atoms with E-state index in [1.54, 1.807) is 31.3 Å². The van der Waals surface area contributed by atoms with E-state index >= 15 is 0 Å². The van der Waals surface area contributed by atoms with E-state index in [-0.39, 0.29) is 5.91 Å². The van der Waals surface area contributed by atoms with Gasteiger partial charge in [0.25, 0.3) is 5.91 Å². The molecule has 0 saturated carbocycles. The molecule has 1 atom stereocenters. The maximum absolute atomic E-state index is 12.0. The Labute approximate surface area is 157 Å². The summed E-state index contributed by atoms with van der Waals surface area (Å²) in [6, 6.07) is 12.6. The fraction of sp³-hybridized carbons (Fsp3) is 0.222. The number of benzene rings is 2. The number of halogens is 2. The Morgan fingerprint density at radius 2 is 1.88 bits per heavy atom. The smallest absolute Gasteiger partial charge is 0.280 e. The van der Waals surface area contributed by atoms with Crippen LogP contribution >= 0.6 is 23.2 Å². The van der Waals surface area contributed by atoms with Gasteiger partial charge < -0.3 is 9.64 Å². The monoisotopic (exact) mass is 379 g/mol. The molecule has 0 spiro atoms. The van der Waals surface area contributed by atoms with E-state index in [1.165, 1.54) is 0 Å². The van der Waals surface area contributed by atoms with Gasteiger partial charge in [0.15, 0.2) is 6.10 Å². The van der Waals surface area contributed by atoms with Crippen LogP contribution in [0.5, 0.6) is 5.75 Å². The molecule has 7 heteroatoms. The van der Waals surface area contributed by atoms with E-state index in [0.717, 1.165) is 11.3 Å². The van der Waals surface area contributed by atoms with E-state index < -0.39 is 6.10 Å². The number of ether oxygens (including phenoxy) is 1. The van der Waals surface area contributed by atoms with E-state index in [2.05, 4.69) is 10.5 Å². The highest BCUT2D eigenvalue weighted by atomic mass is 35.5. The lowest BCUT2D eigenvalue weighted by molar-refractivity contribution is -0.127. The standard InChI is InChI=1S/C18H19Cl2N3O2/c1-12(25-17-9-6-14(19)10-16(17)20)18(24)22-21-11-13-4-7-15(8-5-13)23(2)3/h4-12H,1-3H3,(H,22,24)/b21-11+. The number of hydrogen-bond acceptors (Lipinski definition) is 4. The van der Waals surface area contributed by atoms with Gasteiger partial charge in [-0.2, -0.15) is 5.10 Å². The van der Waals surface area contributed by atoms with Crippen LogP contribution in [0.25, 0.3) is 0 Å². The second kappa shape index (κ2) is 8.74. The van der Waals surface area contributed by atoms with Crippen LogP contribution in [-0.2, 0) is 4.79 Å². The second-order valence-corrected chi connectivity index (χ2v) is 6.40. The van der Waals surface area contributed by atoms with E-state index in [1.807, 2.05) is 43.3 Å². The van der Waals surface area contributed by atoms with Gasteiger partial charge in [-0.15, -0.1) is 0 Å². The van der Waals surface area contributed by atoms with Crippen LogP contribution in [-0.4, -0.2) is 32.3 Å². The quantitative estimate of drug-likeness (QED) is 0.609. The highest BCUT2D eigenvalue weighted by Gasteiger charge is 2.15. The van der Waals surface area contributed by atoms with Crippen LogP contribution in [0.1, 0.15) is 12.5 Å². The largest absolute Gasteiger partial charge is 0.479 e. The van der Waals surface area contributed by atoms with Crippen LogP contribution in [0.2, 0.25) is 10.0 Å². The number of amides is 1. The lowest BCUT2D eigenvalue weighted by atomic mass is 10.2. The predicted molar refractivity (Wildman–Crippen MR) is 103 cm³/mol. The van der Waals surface area contributed by atoms with Crippen LogP contribution < -0.4 is 15.1 Å². The Morgan fingerprint density at radius 3 is 2.48 bits per heavy atom. The molecule has 1 amide bonds. The summed E-state index contributed by atoms with van der Waals surface area (Å²) >= 11 is 11.9. The summed E-state index contributed by atoms with van der Waals surface area (Å²) in [6.07, 6.45) is 0.811. The number of hydrazone groups is 1. The fourth-order valence-electron chi connectivity index (χ4n) is 1.93. The first kappa shape index (κ1) is 19.1. The van der Waals surface area contributed by atoms with Gasteiger partial charge in [0, 0.05) is 24.8 Å². The first-order chi connectivity index (χ1) is 11.9. The lowest BCUT2D eigenvalue weighted by Crippen LogP contribution is -2.33. The number of rotatable bonds is 6. The first-order valence-electron chi connectivity index (χ1n) is 7.59. The molecule has 0 radical (unpaired) electrons. The summed E-state index contributed by atoms with van der Waals surface area (Å²) < 4.78 is 5.52. The van der Waals surface area contributed by atoms with Gasteiger partial charge in [0.1, 0.15) is 5.75 Å². The fourth-order valence-corrected chi connectivity index (χ4v) is 2.39. The van der Waals surface area contributed by atoms with Crippen molar-refractivity contribution in [2.45, 2.75) is 13.0 Å². The zero-order valence-electron chi connectivity index (χ0n) is 14.2. The van der Waals surface area contributed by atoms with E-state index in [9.17, 15) is 4.79 Å². The number of anilines is 1. The van der Waals surface area contributed by atoms with Crippen molar-refractivity contribution in [3.05, 3.63) is 58.1 Å². The van der Waals surface area contributed by atoms with Crippen LogP contribution in [0.15, 0.2) is 47.6 Å². The summed E-state index contributed by atoms with van der Waals surface area (Å²) in [4.78, 5) is 14.0. The minimum Gasteiger partial charge on any atom is -0.479 e. The van der Waals surface area contributed by atoms with Crippen molar-refractivity contribution >= 4 is 41.0 Å². The van der Waals surface area contributed by atoms with Crippen LogP contribution in [0.4, 0.5) is 5.69 Å². The zero-order chi connectivity index (χ0) is 18.4. The highest BCUT2D eigenvalue weighted by Crippen LogP contribution is 2.28. The molecule has 0 bridgehead atoms. The Balaban J connectivity index is 1.90. The maximum atomic E-state index is 12.0. The molecule has 0 heterocycles. The molecule has 0 aliphatic rings. The molecular formula is C18H19Cl2N3O2. The molecule has 2 aromatic rings. The van der Waals surface area contributed by atoms with Crippen molar-refractivity contribution in [3.63, 3.8) is 0 Å². The number of carbonyl (C=O) groups is 1. The third kappa shape index (κ3) is 5.66. The average Bonchev–Trinajstić information content (AvgIpc) is 2.57. The normalized spacial score (nSPS) is 12.0. The Kier molecular flexibility index (Phi) is 6.67. The molecule has 0 fully saturated rings. The van der Waals surface area contributed by atoms with Gasteiger partial charge in [-0.25, -0.2) is 5.43 Å². The van der Waals surface area contributed by atoms with Gasteiger partial charge in [0.05, 0.1) is 11.2 Å². The van der Waals surface area contributed by atoms with E-state index in [0.29, 0.717) is 15.8 Å². The van der Waals surface area contributed by atoms with Crippen LogP contribution in [0, 0.1) is 0 Å². The molecule has 1 N–H and O–H groups in total. The summed E-state index contributed by atoms with van der Waals surface area (Å²) in [5, 5.41) is 4.79. The number of nitrogens with zero attached hydrogens (tertiary/aromatic N) is 2. The van der Waals surface area contributed by atoms with Crippen molar-refractivity contribution in [1.82, 2.24) is 5.43 Å². The van der Waals surface area contributed by atoms with Gasteiger partial charge in [-0.1, -0.05) is 35.3 Å². The first-order valence-corrected chi connectivity index (χ1v) is 8.34. The highest BCUT2D eigenvalue weighted by molar-refractivity contribution is 6.35. The molecule has 0 saturated heterocycles. The molecule has 2 aromatic carbocycles. The second-order valence-electron chi connectivity index (χ2n) is 5.56. The van der Waals surface area contributed by atoms with Crippen molar-refractivity contribution in [2.75, 3.05) is 19.0 Å². The molecule has 1 unspecified atom stereocenters. The van der Waals surface area contributed by atoms with Gasteiger partial charge in [-0.3, -0.25) is 4.79 Å². The molecule has 132 valence electrons. The molecule has 0 aliphatic heterocycles. The van der Waals surface area contributed by atoms with Gasteiger partial charge in [0.2, 0.25) is 0 Å². The van der Waals surface area contributed by atoms with Gasteiger partial charge >= 0.3 is 0 Å². The number of hydrogen-bond donors (Lipinski definition) is 1. The van der Waals surface area contributed by atoms with Crippen molar-refractivity contribution in [1.29, 1.82) is 0 Å². The Morgan fingerprint density at radius 1 is 1.20 bits per heavy atom. The SMILES string of the molecule is CC(Oc1ccc(Cl)cc1Cl)C(=O)N/N=C/c1ccc(N(C)C)cc1. The number of carbonyl (C=O) groups excluding carboxylic acids is 1. The zero-order valence-corrected chi connectivity index (χ0v) is 15.7. The minimum atomic E-state index is -0.757. The minimum absolute atomic E-state index is 0.344. The van der Waals surface area contributed by atoms with Crippen molar-refractivity contribution in [3.8, 4) is 5.75 Å². The number of nitrogens with one attached hydrogen (secondary N) is 1. The lowest BCUT2D eigenvalue weighted by Gasteiger charge is -2.14. The molecule has 5 nitrogen and oxygen atoms in total. The Bertz CT molecular complexity index is 761. The maximum Gasteiger partial charge on any atom is 0.280 e. The third-order valence-corrected chi connectivity index (χ3v) is 3.90. The van der Waals surface area contributed by atoms with Gasteiger partial charge in [-0.05, 0) is 42.8 Å². The molecule has 0 aliphatic carbocycles. The molecular weight excluding hydrogens is 361 g/mol. The van der Waals surface area contributed by atoms with Crippen molar-refractivity contribution < 1.29 is 9.53 Å². The van der Waals surface area contributed by atoms with E-state index in [4.69, 9.17) is 27.9 Å². The summed E-state index contributed by atoms with van der Waals surface area (Å²) in [5.74, 6) is 0.00384. The third-order valence-electron chi connectivity index (χ3n) is 3.36. The average molecular weight is 380 g/mol. The molecule has 0 aromatic heterocycles. The molecule has 25 heavy (non-hydrogen) atoms. The Hall–Kier alpha value is -2.24. The predicted octanol–water partition coefficient (Wildman–Crippen LogP) is 3.98. The molecule has 2 rings (SSSR count). The summed E-state index contributed by atoms with van der Waals surface area (Å²) in [5.41, 5.74) is 4.41. The van der Waals surface area contributed by atoms with Crippen molar-refractivity contribution in [2.24, 2.45) is 5.10 Å². The summed E-state index contributed by atoms with van der Waals surface area (Å²) in [7, 11) is 3.94.